The SMILES string of the molecule is CCOc1cccc(CS[C@H](C)[C@H](C)O)n1. The molecule has 0 saturated heterocycles. The first kappa shape index (κ1) is 13.3. The predicted octanol–water partition coefficient (Wildman–Crippen LogP) is 2.48. The van der Waals surface area contributed by atoms with Crippen LogP contribution in [0.1, 0.15) is 26.5 Å². The molecule has 16 heavy (non-hydrogen) atoms. The highest BCUT2D eigenvalue weighted by molar-refractivity contribution is 7.99. The van der Waals surface area contributed by atoms with Gasteiger partial charge in [-0.3, -0.25) is 0 Å². The Labute approximate surface area is 101 Å². The fourth-order valence-corrected chi connectivity index (χ4v) is 2.00. The largest absolute Gasteiger partial charge is 0.478 e. The molecule has 3 nitrogen and oxygen atoms in total. The molecule has 0 aromatic carbocycles. The summed E-state index contributed by atoms with van der Waals surface area (Å²) in [6.45, 7) is 6.40. The molecule has 0 aliphatic heterocycles. The van der Waals surface area contributed by atoms with E-state index in [0.29, 0.717) is 12.5 Å². The molecule has 2 atom stereocenters. The molecule has 0 saturated carbocycles. The topological polar surface area (TPSA) is 42.4 Å². The molecule has 1 heterocycles. The number of aromatic nitrogens is 1. The van der Waals surface area contributed by atoms with Crippen molar-refractivity contribution >= 4 is 11.8 Å². The van der Waals surface area contributed by atoms with Crippen LogP contribution in [-0.4, -0.2) is 28.1 Å². The van der Waals surface area contributed by atoms with Gasteiger partial charge in [0.2, 0.25) is 5.88 Å². The second-order valence-electron chi connectivity index (χ2n) is 3.66. The van der Waals surface area contributed by atoms with Gasteiger partial charge in [0.15, 0.2) is 0 Å². The maximum absolute atomic E-state index is 9.37. The highest BCUT2D eigenvalue weighted by Crippen LogP contribution is 2.20. The van der Waals surface area contributed by atoms with Crippen molar-refractivity contribution in [2.45, 2.75) is 37.9 Å². The number of nitrogens with zero attached hydrogens (tertiary/aromatic N) is 1. The van der Waals surface area contributed by atoms with Crippen LogP contribution < -0.4 is 4.74 Å². The summed E-state index contributed by atoms with van der Waals surface area (Å²) in [5, 5.41) is 9.59. The average Bonchev–Trinajstić information content (AvgIpc) is 2.26. The van der Waals surface area contributed by atoms with Gasteiger partial charge >= 0.3 is 0 Å². The van der Waals surface area contributed by atoms with Gasteiger partial charge in [-0.05, 0) is 19.9 Å². The summed E-state index contributed by atoms with van der Waals surface area (Å²) in [6, 6.07) is 5.78. The average molecular weight is 241 g/mol. The number of hydrogen-bond acceptors (Lipinski definition) is 4. The molecule has 0 fully saturated rings. The van der Waals surface area contributed by atoms with Crippen LogP contribution in [0, 0.1) is 0 Å². The molecule has 0 radical (unpaired) electrons. The molecule has 4 heteroatoms. The molecule has 0 spiro atoms. The fraction of sp³-hybridized carbons (Fsp3) is 0.583. The predicted molar refractivity (Wildman–Crippen MR) is 67.8 cm³/mol. The zero-order valence-electron chi connectivity index (χ0n) is 10.0. The smallest absolute Gasteiger partial charge is 0.213 e. The van der Waals surface area contributed by atoms with Crippen molar-refractivity contribution in [1.29, 1.82) is 0 Å². The molecule has 1 aromatic heterocycles. The summed E-state index contributed by atoms with van der Waals surface area (Å²) < 4.78 is 5.33. The third kappa shape index (κ3) is 4.41. The number of rotatable bonds is 6. The van der Waals surface area contributed by atoms with Crippen LogP contribution in [0.15, 0.2) is 18.2 Å². The van der Waals surface area contributed by atoms with E-state index in [2.05, 4.69) is 4.98 Å². The maximum atomic E-state index is 9.37. The summed E-state index contributed by atoms with van der Waals surface area (Å²) in [4.78, 5) is 4.37. The summed E-state index contributed by atoms with van der Waals surface area (Å²) in [6.07, 6.45) is -0.292. The van der Waals surface area contributed by atoms with E-state index in [0.717, 1.165) is 11.4 Å². The van der Waals surface area contributed by atoms with Crippen molar-refractivity contribution in [2.24, 2.45) is 0 Å². The van der Waals surface area contributed by atoms with Crippen LogP contribution in [0.4, 0.5) is 0 Å². The van der Waals surface area contributed by atoms with E-state index in [1.165, 1.54) is 0 Å². The molecule has 0 aliphatic carbocycles. The van der Waals surface area contributed by atoms with Crippen molar-refractivity contribution in [1.82, 2.24) is 4.98 Å². The van der Waals surface area contributed by atoms with Gasteiger partial charge in [0.25, 0.3) is 0 Å². The maximum Gasteiger partial charge on any atom is 0.213 e. The van der Waals surface area contributed by atoms with Crippen molar-refractivity contribution in [3.8, 4) is 5.88 Å². The molecule has 0 bridgehead atoms. The zero-order chi connectivity index (χ0) is 12.0. The number of ether oxygens (including phenoxy) is 1. The van der Waals surface area contributed by atoms with Crippen LogP contribution in [0.5, 0.6) is 5.88 Å². The highest BCUT2D eigenvalue weighted by Gasteiger charge is 2.09. The zero-order valence-corrected chi connectivity index (χ0v) is 10.8. The molecule has 90 valence electrons. The Kier molecular flexibility index (Phi) is 5.63. The van der Waals surface area contributed by atoms with Gasteiger partial charge in [0, 0.05) is 17.1 Å². The van der Waals surface area contributed by atoms with Gasteiger partial charge in [-0.2, -0.15) is 0 Å². The third-order valence-corrected chi connectivity index (χ3v) is 3.63. The van der Waals surface area contributed by atoms with Gasteiger partial charge in [0.1, 0.15) is 0 Å². The standard InChI is InChI=1S/C12H19NO2S/c1-4-15-12-7-5-6-11(13-12)8-16-10(3)9(2)14/h5-7,9-10,14H,4,8H2,1-3H3/t9-,10+/m0/s1. The summed E-state index contributed by atoms with van der Waals surface area (Å²) in [5.41, 5.74) is 0.989. The van der Waals surface area contributed by atoms with E-state index >= 15 is 0 Å². The lowest BCUT2D eigenvalue weighted by atomic mass is 10.3. The number of pyridine rings is 1. The number of thioether (sulfide) groups is 1. The quantitative estimate of drug-likeness (QED) is 0.831. The van der Waals surface area contributed by atoms with Crippen molar-refractivity contribution < 1.29 is 9.84 Å². The lowest BCUT2D eigenvalue weighted by Gasteiger charge is -2.13. The Bertz CT molecular complexity index is 318. The van der Waals surface area contributed by atoms with E-state index in [1.54, 1.807) is 11.8 Å². The second-order valence-corrected chi connectivity index (χ2v) is 5.02. The summed E-state index contributed by atoms with van der Waals surface area (Å²) >= 11 is 1.70. The molecule has 0 amide bonds. The van der Waals surface area contributed by atoms with Crippen LogP contribution in [0.25, 0.3) is 0 Å². The van der Waals surface area contributed by atoms with Crippen LogP contribution >= 0.6 is 11.8 Å². The van der Waals surface area contributed by atoms with Gasteiger partial charge in [-0.25, -0.2) is 4.98 Å². The minimum Gasteiger partial charge on any atom is -0.478 e. The Morgan fingerprint density at radius 1 is 1.44 bits per heavy atom. The molecule has 1 N–H and O–H groups in total. The molecular weight excluding hydrogens is 222 g/mol. The van der Waals surface area contributed by atoms with Crippen molar-refractivity contribution in [2.75, 3.05) is 6.61 Å². The lowest BCUT2D eigenvalue weighted by molar-refractivity contribution is 0.196. The van der Waals surface area contributed by atoms with E-state index in [1.807, 2.05) is 39.0 Å². The number of hydrogen-bond donors (Lipinski definition) is 1. The molecule has 0 aliphatic rings. The Morgan fingerprint density at radius 2 is 2.19 bits per heavy atom. The Hall–Kier alpha value is -0.740. The number of aliphatic hydroxyl groups is 1. The van der Waals surface area contributed by atoms with Crippen LogP contribution in [0.2, 0.25) is 0 Å². The third-order valence-electron chi connectivity index (χ3n) is 2.25. The number of aliphatic hydroxyl groups excluding tert-OH is 1. The van der Waals surface area contributed by atoms with Crippen LogP contribution in [-0.2, 0) is 5.75 Å². The lowest BCUT2D eigenvalue weighted by Crippen LogP contribution is -2.15. The van der Waals surface area contributed by atoms with E-state index in [4.69, 9.17) is 4.74 Å². The Balaban J connectivity index is 2.50. The van der Waals surface area contributed by atoms with Crippen molar-refractivity contribution in [3.05, 3.63) is 23.9 Å². The second kappa shape index (κ2) is 6.76. The summed E-state index contributed by atoms with van der Waals surface area (Å²) in [5.74, 6) is 1.47. The van der Waals surface area contributed by atoms with Gasteiger partial charge in [0.05, 0.1) is 18.4 Å². The molecule has 0 unspecified atom stereocenters. The first-order chi connectivity index (χ1) is 7.63. The van der Waals surface area contributed by atoms with E-state index in [-0.39, 0.29) is 11.4 Å². The molecular formula is C12H19NO2S. The summed E-state index contributed by atoms with van der Waals surface area (Å²) in [7, 11) is 0. The van der Waals surface area contributed by atoms with Crippen LogP contribution in [0.3, 0.4) is 0 Å². The van der Waals surface area contributed by atoms with Gasteiger partial charge in [-0.1, -0.05) is 13.0 Å². The van der Waals surface area contributed by atoms with Gasteiger partial charge < -0.3 is 9.84 Å². The van der Waals surface area contributed by atoms with E-state index in [9.17, 15) is 5.11 Å². The van der Waals surface area contributed by atoms with Gasteiger partial charge in [-0.15, -0.1) is 11.8 Å². The fourth-order valence-electron chi connectivity index (χ4n) is 1.12. The highest BCUT2D eigenvalue weighted by atomic mass is 32.2. The Morgan fingerprint density at radius 3 is 2.81 bits per heavy atom. The van der Waals surface area contributed by atoms with Crippen molar-refractivity contribution in [3.63, 3.8) is 0 Å². The first-order valence-electron chi connectivity index (χ1n) is 5.52. The van der Waals surface area contributed by atoms with E-state index < -0.39 is 0 Å². The first-order valence-corrected chi connectivity index (χ1v) is 6.56. The normalized spacial score (nSPS) is 14.5. The molecule has 1 aromatic rings. The monoisotopic (exact) mass is 241 g/mol. The molecule has 1 rings (SSSR count). The minimum absolute atomic E-state index is 0.220. The minimum atomic E-state index is -0.292.